The number of carbonyl (C=O) groups is 2. The lowest BCUT2D eigenvalue weighted by Gasteiger charge is -2.17. The van der Waals surface area contributed by atoms with Gasteiger partial charge in [0.25, 0.3) is 5.91 Å². The fourth-order valence-electron chi connectivity index (χ4n) is 2.19. The lowest BCUT2D eigenvalue weighted by molar-refractivity contribution is 0.0696. The molecule has 0 saturated carbocycles. The molecule has 2 rings (SSSR count). The quantitative estimate of drug-likeness (QED) is 0.849. The second-order valence-corrected chi connectivity index (χ2v) is 4.28. The van der Waals surface area contributed by atoms with Gasteiger partial charge in [0.05, 0.1) is 5.56 Å². The zero-order valence-corrected chi connectivity index (χ0v) is 9.77. The van der Waals surface area contributed by atoms with Crippen molar-refractivity contribution in [2.75, 3.05) is 13.1 Å². The van der Waals surface area contributed by atoms with Crippen molar-refractivity contribution in [2.45, 2.75) is 19.8 Å². The molecule has 0 spiro atoms. The van der Waals surface area contributed by atoms with Crippen molar-refractivity contribution in [3.8, 4) is 0 Å². The fourth-order valence-corrected chi connectivity index (χ4v) is 2.19. The Kier molecular flexibility index (Phi) is 3.13. The predicted molar refractivity (Wildman–Crippen MR) is 63.3 cm³/mol. The van der Waals surface area contributed by atoms with E-state index in [-0.39, 0.29) is 11.5 Å². The number of carboxylic acids is 1. The molecule has 0 aliphatic carbocycles. The molecule has 0 bridgehead atoms. The Morgan fingerprint density at radius 1 is 1.18 bits per heavy atom. The van der Waals surface area contributed by atoms with Crippen LogP contribution in [0.2, 0.25) is 0 Å². The Morgan fingerprint density at radius 2 is 1.76 bits per heavy atom. The molecule has 1 aliphatic heterocycles. The standard InChI is InChI=1S/C13H15NO3/c1-9-10(5-4-6-11(9)13(16)17)12(15)14-7-2-3-8-14/h4-6H,2-3,7-8H2,1H3,(H,16,17). The van der Waals surface area contributed by atoms with Crippen LogP contribution in [-0.4, -0.2) is 35.0 Å². The molecule has 0 radical (unpaired) electrons. The Hall–Kier alpha value is -1.84. The Bertz CT molecular complexity index is 462. The van der Waals surface area contributed by atoms with Crippen molar-refractivity contribution in [3.63, 3.8) is 0 Å². The summed E-state index contributed by atoms with van der Waals surface area (Å²) >= 11 is 0. The molecule has 0 aromatic heterocycles. The Labute approximate surface area is 99.9 Å². The van der Waals surface area contributed by atoms with Gasteiger partial charge >= 0.3 is 5.97 Å². The lowest BCUT2D eigenvalue weighted by atomic mass is 10.0. The van der Waals surface area contributed by atoms with E-state index < -0.39 is 5.97 Å². The first-order valence-electron chi connectivity index (χ1n) is 5.73. The van der Waals surface area contributed by atoms with Crippen LogP contribution in [0, 0.1) is 6.92 Å². The molecule has 1 amide bonds. The van der Waals surface area contributed by atoms with Gasteiger partial charge in [0.1, 0.15) is 0 Å². The molecule has 1 saturated heterocycles. The van der Waals surface area contributed by atoms with Crippen LogP contribution in [0.3, 0.4) is 0 Å². The van der Waals surface area contributed by atoms with Crippen molar-refractivity contribution < 1.29 is 14.7 Å². The molecule has 1 fully saturated rings. The zero-order chi connectivity index (χ0) is 12.4. The highest BCUT2D eigenvalue weighted by atomic mass is 16.4. The summed E-state index contributed by atoms with van der Waals surface area (Å²) in [6, 6.07) is 4.85. The number of aromatic carboxylic acids is 1. The highest BCUT2D eigenvalue weighted by Crippen LogP contribution is 2.18. The van der Waals surface area contributed by atoms with Crippen molar-refractivity contribution in [1.82, 2.24) is 4.90 Å². The zero-order valence-electron chi connectivity index (χ0n) is 9.77. The molecule has 1 heterocycles. The predicted octanol–water partition coefficient (Wildman–Crippen LogP) is 1.93. The number of hydrogen-bond acceptors (Lipinski definition) is 2. The van der Waals surface area contributed by atoms with E-state index in [4.69, 9.17) is 5.11 Å². The van der Waals surface area contributed by atoms with Crippen LogP contribution in [0.5, 0.6) is 0 Å². The maximum atomic E-state index is 12.2. The number of carboxylic acid groups (broad SMARTS) is 1. The van der Waals surface area contributed by atoms with Crippen LogP contribution in [0.4, 0.5) is 0 Å². The van der Waals surface area contributed by atoms with Gasteiger partial charge < -0.3 is 10.0 Å². The number of carbonyl (C=O) groups excluding carboxylic acids is 1. The molecular weight excluding hydrogens is 218 g/mol. The van der Waals surface area contributed by atoms with Crippen LogP contribution in [0.25, 0.3) is 0 Å². The van der Waals surface area contributed by atoms with Crippen LogP contribution >= 0.6 is 0 Å². The normalized spacial score (nSPS) is 15.0. The van der Waals surface area contributed by atoms with Gasteiger partial charge in [-0.25, -0.2) is 4.79 Å². The van der Waals surface area contributed by atoms with Crippen LogP contribution in [-0.2, 0) is 0 Å². The van der Waals surface area contributed by atoms with Gasteiger partial charge in [-0.05, 0) is 37.5 Å². The number of amides is 1. The molecule has 4 nitrogen and oxygen atoms in total. The minimum Gasteiger partial charge on any atom is -0.478 e. The molecule has 0 atom stereocenters. The summed E-state index contributed by atoms with van der Waals surface area (Å²) in [5.41, 5.74) is 1.26. The summed E-state index contributed by atoms with van der Waals surface area (Å²) < 4.78 is 0. The third kappa shape index (κ3) is 2.16. The van der Waals surface area contributed by atoms with Crippen LogP contribution < -0.4 is 0 Å². The largest absolute Gasteiger partial charge is 0.478 e. The maximum Gasteiger partial charge on any atom is 0.335 e. The topological polar surface area (TPSA) is 57.6 Å². The minimum absolute atomic E-state index is 0.0527. The van der Waals surface area contributed by atoms with Gasteiger partial charge in [-0.3, -0.25) is 4.79 Å². The summed E-state index contributed by atoms with van der Waals surface area (Å²) in [6.45, 7) is 3.23. The Morgan fingerprint density at radius 3 is 2.35 bits per heavy atom. The highest BCUT2D eigenvalue weighted by Gasteiger charge is 2.22. The first kappa shape index (κ1) is 11.6. The second-order valence-electron chi connectivity index (χ2n) is 4.28. The second kappa shape index (κ2) is 4.57. The number of rotatable bonds is 2. The first-order chi connectivity index (χ1) is 8.11. The van der Waals surface area contributed by atoms with Crippen LogP contribution in [0.1, 0.15) is 39.1 Å². The molecule has 0 unspecified atom stereocenters. The smallest absolute Gasteiger partial charge is 0.335 e. The van der Waals surface area contributed by atoms with E-state index >= 15 is 0 Å². The molecule has 17 heavy (non-hydrogen) atoms. The third-order valence-electron chi connectivity index (χ3n) is 3.19. The van der Waals surface area contributed by atoms with Crippen molar-refractivity contribution in [2.24, 2.45) is 0 Å². The van der Waals surface area contributed by atoms with Gasteiger partial charge in [-0.1, -0.05) is 6.07 Å². The van der Waals surface area contributed by atoms with Crippen molar-refractivity contribution in [3.05, 3.63) is 34.9 Å². The molecule has 90 valence electrons. The minimum atomic E-state index is -0.987. The van der Waals surface area contributed by atoms with E-state index in [1.54, 1.807) is 24.0 Å². The van der Waals surface area contributed by atoms with E-state index in [1.165, 1.54) is 6.07 Å². The number of likely N-dealkylation sites (tertiary alicyclic amines) is 1. The number of nitrogens with zero attached hydrogens (tertiary/aromatic N) is 1. The van der Waals surface area contributed by atoms with E-state index in [0.29, 0.717) is 11.1 Å². The molecule has 4 heteroatoms. The molecule has 1 aromatic carbocycles. The van der Waals surface area contributed by atoms with Crippen molar-refractivity contribution in [1.29, 1.82) is 0 Å². The van der Waals surface area contributed by atoms with E-state index in [2.05, 4.69) is 0 Å². The summed E-state index contributed by atoms with van der Waals surface area (Å²) in [6.07, 6.45) is 2.06. The molecule has 1 aromatic rings. The SMILES string of the molecule is Cc1c(C(=O)O)cccc1C(=O)N1CCCC1. The molecular formula is C13H15NO3. The summed E-state index contributed by atoms with van der Waals surface area (Å²) in [7, 11) is 0. The number of hydrogen-bond donors (Lipinski definition) is 1. The summed E-state index contributed by atoms with van der Waals surface area (Å²) in [5.74, 6) is -1.04. The van der Waals surface area contributed by atoms with Gasteiger partial charge in [0, 0.05) is 18.7 Å². The average Bonchev–Trinajstić information content (AvgIpc) is 2.81. The van der Waals surface area contributed by atoms with Gasteiger partial charge in [-0.2, -0.15) is 0 Å². The monoisotopic (exact) mass is 233 g/mol. The van der Waals surface area contributed by atoms with E-state index in [0.717, 1.165) is 25.9 Å². The van der Waals surface area contributed by atoms with Gasteiger partial charge in [0.15, 0.2) is 0 Å². The fraction of sp³-hybridized carbons (Fsp3) is 0.385. The Balaban J connectivity index is 2.35. The lowest BCUT2D eigenvalue weighted by Crippen LogP contribution is -2.28. The molecule has 1 aliphatic rings. The maximum absolute atomic E-state index is 12.2. The third-order valence-corrected chi connectivity index (χ3v) is 3.19. The van der Waals surface area contributed by atoms with Gasteiger partial charge in [0.2, 0.25) is 0 Å². The van der Waals surface area contributed by atoms with Crippen LogP contribution in [0.15, 0.2) is 18.2 Å². The van der Waals surface area contributed by atoms with Gasteiger partial charge in [-0.15, -0.1) is 0 Å². The molecule has 1 N–H and O–H groups in total. The highest BCUT2D eigenvalue weighted by molar-refractivity contribution is 5.99. The summed E-state index contributed by atoms with van der Waals surface area (Å²) in [5, 5.41) is 9.01. The van der Waals surface area contributed by atoms with E-state index in [1.807, 2.05) is 0 Å². The number of benzene rings is 1. The average molecular weight is 233 g/mol. The summed E-state index contributed by atoms with van der Waals surface area (Å²) in [4.78, 5) is 25.0. The van der Waals surface area contributed by atoms with Crippen molar-refractivity contribution >= 4 is 11.9 Å². The van der Waals surface area contributed by atoms with E-state index in [9.17, 15) is 9.59 Å². The first-order valence-corrected chi connectivity index (χ1v) is 5.73.